The van der Waals surface area contributed by atoms with Gasteiger partial charge in [-0.1, -0.05) is 90.4 Å². The molecular weight excluding hydrogens is 840 g/mol. The summed E-state index contributed by atoms with van der Waals surface area (Å²) in [5.74, 6) is 5.81. The first kappa shape index (κ1) is 36.9. The van der Waals surface area contributed by atoms with Gasteiger partial charge in [0.25, 0.3) is 0 Å². The Bertz CT molecular complexity index is 3920. The molecule has 1 aliphatic heterocycles. The molecule has 0 radical (unpaired) electrons. The fourth-order valence-corrected chi connectivity index (χ4v) is 19.7. The van der Waals surface area contributed by atoms with E-state index in [1.807, 2.05) is 11.3 Å². The lowest BCUT2D eigenvalue weighted by Crippen LogP contribution is -2.87. The van der Waals surface area contributed by atoms with Gasteiger partial charge in [0, 0.05) is 64.5 Å². The van der Waals surface area contributed by atoms with E-state index in [-0.39, 0.29) is 0 Å². The van der Waals surface area contributed by atoms with E-state index in [1.165, 1.54) is 154 Å². The van der Waals surface area contributed by atoms with Crippen LogP contribution in [0, 0.1) is 47.8 Å². The molecule has 3 heterocycles. The molecule has 0 amide bonds. The lowest BCUT2D eigenvalue weighted by atomic mass is 9.12. The number of nitrogens with one attached hydrogen (secondary N) is 1. The molecule has 1 N–H and O–H groups in total. The monoisotopic (exact) mass is 890 g/mol. The minimum Gasteiger partial charge on any atom is -0.355 e. The zero-order valence-electron chi connectivity index (χ0n) is 38.5. The molecule has 7 aliphatic carbocycles. The van der Waals surface area contributed by atoms with E-state index in [2.05, 4.69) is 162 Å². The number of nitrogens with zero attached hydrogens (tertiary/aromatic N) is 1. The quantitative estimate of drug-likeness (QED) is 0.165. The molecule has 7 fully saturated rings. The van der Waals surface area contributed by atoms with Crippen molar-refractivity contribution in [3.63, 3.8) is 0 Å². The molecule has 8 aromatic carbocycles. The molecule has 1 spiro atoms. The van der Waals surface area contributed by atoms with Crippen molar-refractivity contribution in [1.29, 1.82) is 0 Å². The van der Waals surface area contributed by atoms with Crippen LogP contribution in [0.2, 0.25) is 0 Å². The Balaban J connectivity index is 0.855. The van der Waals surface area contributed by atoms with Gasteiger partial charge < -0.3 is 9.88 Å². The van der Waals surface area contributed by atoms with E-state index >= 15 is 0 Å². The Morgan fingerprint density at radius 1 is 0.603 bits per heavy atom. The maximum absolute atomic E-state index is 4.05. The van der Waals surface area contributed by atoms with Gasteiger partial charge in [-0.3, -0.25) is 0 Å². The van der Waals surface area contributed by atoms with E-state index in [4.69, 9.17) is 0 Å². The molecule has 18 rings (SSSR count). The maximum Gasteiger partial charge on any atom is 0.198 e. The zero-order valence-corrected chi connectivity index (χ0v) is 39.4. The molecule has 326 valence electrons. The predicted molar refractivity (Wildman–Crippen MR) is 287 cm³/mol. The largest absolute Gasteiger partial charge is 0.355 e. The second-order valence-corrected chi connectivity index (χ2v) is 24.7. The molecule has 4 heteroatoms. The Kier molecular flexibility index (Phi) is 6.61. The highest BCUT2D eigenvalue weighted by molar-refractivity contribution is 7.26. The van der Waals surface area contributed by atoms with Crippen molar-refractivity contribution in [1.82, 2.24) is 4.57 Å². The summed E-state index contributed by atoms with van der Waals surface area (Å²) in [4.78, 5) is 0. The first-order chi connectivity index (χ1) is 33.4. The van der Waals surface area contributed by atoms with Crippen LogP contribution in [-0.2, 0) is 10.8 Å². The lowest BCUT2D eigenvalue weighted by molar-refractivity contribution is -0.395. The van der Waals surface area contributed by atoms with Crippen molar-refractivity contribution < 1.29 is 0 Å². The molecular formula is C64H51BN2S. The van der Waals surface area contributed by atoms with Crippen LogP contribution in [0.25, 0.3) is 80.7 Å². The minimum atomic E-state index is 0.385. The number of fused-ring (bicyclic) bond motifs is 10. The number of aryl methyl sites for hydroxylation is 1. The number of hydrogen-bond donors (Lipinski definition) is 1. The van der Waals surface area contributed by atoms with E-state index in [9.17, 15) is 0 Å². The summed E-state index contributed by atoms with van der Waals surface area (Å²) in [5, 5.41) is 12.4. The molecule has 0 saturated heterocycles. The van der Waals surface area contributed by atoms with Crippen molar-refractivity contribution >= 4 is 93.7 Å². The second kappa shape index (κ2) is 12.2. The van der Waals surface area contributed by atoms with Crippen molar-refractivity contribution in [2.75, 3.05) is 5.32 Å². The highest BCUT2D eigenvalue weighted by Crippen LogP contribution is 2.92. The molecule has 2 nitrogen and oxygen atoms in total. The van der Waals surface area contributed by atoms with Crippen LogP contribution in [0.15, 0.2) is 146 Å². The summed E-state index contributed by atoms with van der Waals surface area (Å²) in [6.07, 6.45) is 11.7. The summed E-state index contributed by atoms with van der Waals surface area (Å²) in [6.45, 7) is 2.33. The lowest BCUT2D eigenvalue weighted by Gasteiger charge is -2.91. The van der Waals surface area contributed by atoms with Gasteiger partial charge in [0.15, 0.2) is 7.28 Å². The third-order valence-electron chi connectivity index (χ3n) is 21.1. The fraction of sp³-hybridized carbons (Fsp3) is 0.281. The Labute approximate surface area is 401 Å². The van der Waals surface area contributed by atoms with Gasteiger partial charge in [0.2, 0.25) is 0 Å². The smallest absolute Gasteiger partial charge is 0.198 e. The highest BCUT2D eigenvalue weighted by Gasteiger charge is 2.87. The van der Waals surface area contributed by atoms with Gasteiger partial charge in [-0.25, -0.2) is 0 Å². The van der Waals surface area contributed by atoms with E-state index < -0.39 is 0 Å². The van der Waals surface area contributed by atoms with Gasteiger partial charge in [-0.05, 0) is 215 Å². The van der Waals surface area contributed by atoms with Crippen LogP contribution < -0.4 is 16.2 Å². The number of aromatic nitrogens is 1. The normalized spacial score (nSPS) is 30.2. The Hall–Kier alpha value is -6.10. The van der Waals surface area contributed by atoms with Crippen molar-refractivity contribution in [2.24, 2.45) is 40.9 Å². The molecule has 2 bridgehead atoms. The average molecular weight is 891 g/mol. The van der Waals surface area contributed by atoms with Crippen LogP contribution in [-0.4, -0.2) is 11.8 Å². The van der Waals surface area contributed by atoms with Gasteiger partial charge in [-0.15, -0.1) is 11.3 Å². The first-order valence-corrected chi connectivity index (χ1v) is 26.8. The van der Waals surface area contributed by atoms with E-state index in [0.717, 1.165) is 48.5 Å². The summed E-state index contributed by atoms with van der Waals surface area (Å²) >= 11 is 1.94. The summed E-state index contributed by atoms with van der Waals surface area (Å²) in [5.41, 5.74) is 20.8. The van der Waals surface area contributed by atoms with Crippen molar-refractivity contribution in [3.05, 3.63) is 162 Å². The van der Waals surface area contributed by atoms with Gasteiger partial charge in [0.05, 0.1) is 5.52 Å². The number of benzene rings is 8. The summed E-state index contributed by atoms with van der Waals surface area (Å²) in [6, 6.07) is 57.0. The number of thiophene rings is 1. The number of anilines is 2. The van der Waals surface area contributed by atoms with Crippen molar-refractivity contribution in [2.45, 2.75) is 69.1 Å². The Morgan fingerprint density at radius 2 is 1.37 bits per heavy atom. The van der Waals surface area contributed by atoms with Crippen LogP contribution in [0.1, 0.15) is 68.1 Å². The molecule has 7 saturated carbocycles. The SMILES string of the molecule is Cc1cc(-c2cc3sc4cc5ccccc5cc4c3cc2Nc2ccc(-c3ccccc3)cc2)c2c(c1)-n1c3ccc(C45CC6CC7CC(C4)C765)cc3c3cc(C45CC6CC(C4)C5C6)cc(c31)B2. The summed E-state index contributed by atoms with van der Waals surface area (Å²) < 4.78 is 5.43. The van der Waals surface area contributed by atoms with E-state index in [1.54, 1.807) is 11.1 Å². The van der Waals surface area contributed by atoms with Gasteiger partial charge in [0.1, 0.15) is 0 Å². The number of rotatable bonds is 6. The standard InChI is InChI=1S/C64H51BN2S/c1-34-17-51(47-29-59-50(49-21-38-9-5-6-10-39(38)22-58(49)68-59)28-55(47)66-46-14-11-37(12-15-46)36-7-3-2-4-8-36)60-57(18-34)67-56-16-13-41(63-32-44-23-43-24-45(33-63)64(43,44)63)25-48(56)52-26-42(27-54(65-60)61(52)67)62-30-35-19-40(31-62)53(62)20-35/h2-18,21-22,25-29,35,40,43-45,53,65-66H,19-20,23-24,30-33H2,1H3. The second-order valence-electron chi connectivity index (χ2n) is 23.6. The topological polar surface area (TPSA) is 17.0 Å². The van der Waals surface area contributed by atoms with Crippen LogP contribution in [0.3, 0.4) is 0 Å². The molecule has 10 aromatic rings. The van der Waals surface area contributed by atoms with Crippen LogP contribution in [0.4, 0.5) is 11.4 Å². The molecule has 68 heavy (non-hydrogen) atoms. The van der Waals surface area contributed by atoms with E-state index in [0.29, 0.717) is 16.2 Å². The minimum absolute atomic E-state index is 0.385. The third-order valence-corrected chi connectivity index (χ3v) is 22.2. The van der Waals surface area contributed by atoms with Gasteiger partial charge in [-0.2, -0.15) is 0 Å². The van der Waals surface area contributed by atoms with Gasteiger partial charge >= 0.3 is 0 Å². The highest BCUT2D eigenvalue weighted by atomic mass is 32.1. The molecule has 8 aliphatic rings. The molecule has 2 aromatic heterocycles. The summed E-state index contributed by atoms with van der Waals surface area (Å²) in [7, 11) is 0.950. The molecule has 6 unspecified atom stereocenters. The average Bonchev–Trinajstić information content (AvgIpc) is 4.05. The Morgan fingerprint density at radius 3 is 2.15 bits per heavy atom. The first-order valence-electron chi connectivity index (χ1n) is 26.0. The zero-order chi connectivity index (χ0) is 44.0. The molecule has 6 atom stereocenters. The van der Waals surface area contributed by atoms with Crippen molar-refractivity contribution in [3.8, 4) is 27.9 Å². The third kappa shape index (κ3) is 4.26. The van der Waals surface area contributed by atoms with Crippen LogP contribution >= 0.6 is 11.3 Å². The fourth-order valence-electron chi connectivity index (χ4n) is 18.6. The predicted octanol–water partition coefficient (Wildman–Crippen LogP) is 14.8. The van der Waals surface area contributed by atoms with Crippen LogP contribution in [0.5, 0.6) is 0 Å². The maximum atomic E-state index is 4.05. The number of hydrogen-bond acceptors (Lipinski definition) is 2.